The van der Waals surface area contributed by atoms with Gasteiger partial charge >= 0.3 is 18.9 Å². The number of nitrogens with zero attached hydrogens (tertiary/aromatic N) is 1. The van der Waals surface area contributed by atoms with E-state index in [9.17, 15) is 14.7 Å². The van der Waals surface area contributed by atoms with Crippen LogP contribution in [0, 0.1) is 6.92 Å². The molecule has 0 radical (unpaired) electrons. The van der Waals surface area contributed by atoms with E-state index in [4.69, 9.17) is 0 Å². The van der Waals surface area contributed by atoms with Crippen LogP contribution in [-0.2, 0) is 4.79 Å². The van der Waals surface area contributed by atoms with Crippen molar-refractivity contribution in [2.45, 2.75) is 19.4 Å². The first-order valence-corrected chi connectivity index (χ1v) is 13.1. The van der Waals surface area contributed by atoms with Gasteiger partial charge in [0, 0.05) is 28.9 Å². The predicted octanol–water partition coefficient (Wildman–Crippen LogP) is 1.99. The smallest absolute Gasteiger partial charge is 0.548 e. The number of rotatable bonds is 9. The monoisotopic (exact) mass is 502 g/mol. The standard InChI is InChI=1S/C30H28N2O3S.Li/c1-20-7-3-5-9-24(20)27-17-21(11-13-23-19-31-18-22-8-4-6-10-25(22)23)12-14-26(27)29(33)32-28(30(34)35)15-16-36-2;/h3-14,17-19,28H,15-16H2,1-2H3,(H,32,33)(H,34,35);/q;+1/p-1/t28-;/m0./s1. The van der Waals surface area contributed by atoms with Crippen molar-refractivity contribution in [1.29, 1.82) is 0 Å². The third-order valence-corrected chi connectivity index (χ3v) is 6.72. The number of carboxylic acid groups (broad SMARTS) is 1. The number of fused-ring (bicyclic) bond motifs is 1. The summed E-state index contributed by atoms with van der Waals surface area (Å²) in [5.74, 6) is -1.11. The van der Waals surface area contributed by atoms with Gasteiger partial charge in [0.15, 0.2) is 0 Å². The van der Waals surface area contributed by atoms with E-state index in [0.717, 1.165) is 38.6 Å². The maximum absolute atomic E-state index is 13.2. The summed E-state index contributed by atoms with van der Waals surface area (Å²) in [6.07, 6.45) is 9.88. The Bertz CT molecular complexity index is 1430. The van der Waals surface area contributed by atoms with Gasteiger partial charge < -0.3 is 15.2 Å². The average Bonchev–Trinajstić information content (AvgIpc) is 2.89. The second-order valence-electron chi connectivity index (χ2n) is 8.53. The largest absolute Gasteiger partial charge is 1.00 e. The maximum Gasteiger partial charge on any atom is 1.00 e. The molecule has 1 aromatic heterocycles. The number of amides is 1. The summed E-state index contributed by atoms with van der Waals surface area (Å²) >= 11 is 1.52. The maximum atomic E-state index is 13.2. The van der Waals surface area contributed by atoms with Crippen LogP contribution in [0.25, 0.3) is 34.1 Å². The minimum Gasteiger partial charge on any atom is -0.548 e. The predicted molar refractivity (Wildman–Crippen MR) is 147 cm³/mol. The zero-order chi connectivity index (χ0) is 25.5. The number of carbonyl (C=O) groups excluding carboxylic acids is 2. The number of aryl methyl sites for hydroxylation is 1. The molecule has 1 atom stereocenters. The van der Waals surface area contributed by atoms with Crippen LogP contribution in [0.3, 0.4) is 0 Å². The Morgan fingerprint density at radius 2 is 1.76 bits per heavy atom. The summed E-state index contributed by atoms with van der Waals surface area (Å²) in [6, 6.07) is 20.4. The first kappa shape index (κ1) is 28.3. The van der Waals surface area contributed by atoms with E-state index < -0.39 is 17.9 Å². The molecule has 0 aliphatic rings. The van der Waals surface area contributed by atoms with Crippen molar-refractivity contribution in [1.82, 2.24) is 10.3 Å². The molecule has 182 valence electrons. The Labute approximate surface area is 233 Å². The molecule has 0 saturated heterocycles. The molecule has 37 heavy (non-hydrogen) atoms. The van der Waals surface area contributed by atoms with Gasteiger partial charge in [0.1, 0.15) is 0 Å². The van der Waals surface area contributed by atoms with Gasteiger partial charge in [-0.2, -0.15) is 11.8 Å². The normalized spacial score (nSPS) is 11.7. The van der Waals surface area contributed by atoms with Gasteiger partial charge in [-0.3, -0.25) is 9.78 Å². The Morgan fingerprint density at radius 3 is 2.51 bits per heavy atom. The van der Waals surface area contributed by atoms with Crippen LogP contribution in [-0.4, -0.2) is 34.9 Å². The Kier molecular flexibility index (Phi) is 10.2. The Balaban J connectivity index is 0.00000380. The molecule has 0 spiro atoms. The van der Waals surface area contributed by atoms with Crippen LogP contribution in [0.1, 0.15) is 33.5 Å². The summed E-state index contributed by atoms with van der Waals surface area (Å²) < 4.78 is 0. The third-order valence-electron chi connectivity index (χ3n) is 6.08. The van der Waals surface area contributed by atoms with Crippen molar-refractivity contribution >= 4 is 46.6 Å². The fourth-order valence-electron chi connectivity index (χ4n) is 4.14. The van der Waals surface area contributed by atoms with Gasteiger partial charge in [0.05, 0.1) is 12.0 Å². The molecule has 0 saturated carbocycles. The Hall–Kier alpha value is -3.30. The molecule has 1 amide bonds. The van der Waals surface area contributed by atoms with E-state index in [2.05, 4.69) is 16.4 Å². The van der Waals surface area contributed by atoms with Crippen LogP contribution in [0.15, 0.2) is 79.1 Å². The molecule has 7 heteroatoms. The van der Waals surface area contributed by atoms with Gasteiger partial charge in [-0.05, 0) is 65.1 Å². The summed E-state index contributed by atoms with van der Waals surface area (Å²) in [4.78, 5) is 29.2. The first-order valence-electron chi connectivity index (χ1n) is 11.7. The number of hydrogen-bond donors (Lipinski definition) is 1. The van der Waals surface area contributed by atoms with E-state index in [1.165, 1.54) is 11.8 Å². The molecule has 4 rings (SSSR count). The van der Waals surface area contributed by atoms with Gasteiger partial charge in [-0.15, -0.1) is 0 Å². The van der Waals surface area contributed by atoms with Crippen molar-refractivity contribution in [2.24, 2.45) is 0 Å². The van der Waals surface area contributed by atoms with E-state index in [1.54, 1.807) is 6.07 Å². The van der Waals surface area contributed by atoms with Crippen molar-refractivity contribution in [2.75, 3.05) is 12.0 Å². The number of carboxylic acids is 1. The van der Waals surface area contributed by atoms with Crippen LogP contribution in [0.5, 0.6) is 0 Å². The SMILES string of the molecule is CSCC[C@H](NC(=O)c1ccc(C=Cc2cncc3ccccc23)cc1-c1ccccc1C)C(=O)[O-].[Li+]. The van der Waals surface area contributed by atoms with Crippen molar-refractivity contribution in [3.05, 3.63) is 101 Å². The summed E-state index contributed by atoms with van der Waals surface area (Å²) in [6.45, 7) is 1.99. The molecule has 4 aromatic rings. The van der Waals surface area contributed by atoms with Crippen LogP contribution < -0.4 is 29.3 Å². The van der Waals surface area contributed by atoms with Crippen LogP contribution >= 0.6 is 11.8 Å². The number of nitrogens with one attached hydrogen (secondary N) is 1. The molecular formula is C30H27LiN2O3S. The topological polar surface area (TPSA) is 82.1 Å². The van der Waals surface area contributed by atoms with Crippen LogP contribution in [0.4, 0.5) is 0 Å². The second kappa shape index (κ2) is 13.3. The molecule has 5 nitrogen and oxygen atoms in total. The second-order valence-corrected chi connectivity index (χ2v) is 9.52. The number of thioether (sulfide) groups is 1. The number of carbonyl (C=O) groups is 2. The number of pyridine rings is 1. The molecule has 0 aliphatic carbocycles. The fourth-order valence-corrected chi connectivity index (χ4v) is 4.61. The fraction of sp³-hybridized carbons (Fsp3) is 0.167. The minimum atomic E-state index is -1.28. The molecule has 3 aromatic carbocycles. The molecule has 1 N–H and O–H groups in total. The third kappa shape index (κ3) is 6.93. The van der Waals surface area contributed by atoms with Gasteiger partial charge in [-0.1, -0.05) is 66.7 Å². The number of benzene rings is 3. The molecule has 0 bridgehead atoms. The van der Waals surface area contributed by atoms with Gasteiger partial charge in [0.25, 0.3) is 5.91 Å². The molecule has 1 heterocycles. The molecule has 0 fully saturated rings. The minimum absolute atomic E-state index is 0. The number of hydrogen-bond acceptors (Lipinski definition) is 5. The van der Waals surface area contributed by atoms with Gasteiger partial charge in [0.2, 0.25) is 0 Å². The number of aromatic nitrogens is 1. The van der Waals surface area contributed by atoms with Crippen molar-refractivity contribution in [3.8, 4) is 11.1 Å². The zero-order valence-electron chi connectivity index (χ0n) is 21.2. The number of aliphatic carboxylic acids is 1. The van der Waals surface area contributed by atoms with Gasteiger partial charge in [-0.25, -0.2) is 0 Å². The molecule has 0 aliphatic heterocycles. The summed E-state index contributed by atoms with van der Waals surface area (Å²) in [7, 11) is 0. The molecular weight excluding hydrogens is 475 g/mol. The van der Waals surface area contributed by atoms with E-state index in [0.29, 0.717) is 17.7 Å². The average molecular weight is 503 g/mol. The van der Waals surface area contributed by atoms with E-state index in [1.807, 2.05) is 92.3 Å². The Morgan fingerprint density at radius 1 is 1.00 bits per heavy atom. The quantitative estimate of drug-likeness (QED) is 0.354. The molecule has 0 unspecified atom stereocenters. The summed E-state index contributed by atoms with van der Waals surface area (Å²) in [5.41, 5.74) is 5.01. The van der Waals surface area contributed by atoms with E-state index in [-0.39, 0.29) is 18.9 Å². The van der Waals surface area contributed by atoms with E-state index >= 15 is 0 Å². The van der Waals surface area contributed by atoms with Crippen molar-refractivity contribution in [3.63, 3.8) is 0 Å². The van der Waals surface area contributed by atoms with Crippen LogP contribution in [0.2, 0.25) is 0 Å². The summed E-state index contributed by atoms with van der Waals surface area (Å²) in [5, 5.41) is 16.4. The first-order chi connectivity index (χ1) is 17.5. The zero-order valence-corrected chi connectivity index (χ0v) is 22.0. The van der Waals surface area contributed by atoms with Crippen molar-refractivity contribution < 1.29 is 33.6 Å².